The molecule has 0 radical (unpaired) electrons. The molecule has 96 valence electrons. The van der Waals surface area contributed by atoms with E-state index in [1.54, 1.807) is 11.3 Å². The molecule has 0 fully saturated rings. The molecule has 0 aliphatic rings. The van der Waals surface area contributed by atoms with E-state index in [-0.39, 0.29) is 6.04 Å². The van der Waals surface area contributed by atoms with Crippen LogP contribution in [0.25, 0.3) is 0 Å². The third-order valence-electron chi connectivity index (χ3n) is 3.03. The summed E-state index contributed by atoms with van der Waals surface area (Å²) in [5, 5.41) is 5.05. The lowest BCUT2D eigenvalue weighted by atomic mass is 9.99. The third-order valence-corrected chi connectivity index (χ3v) is 4.09. The van der Waals surface area contributed by atoms with Crippen LogP contribution in [-0.2, 0) is 6.42 Å². The van der Waals surface area contributed by atoms with E-state index in [1.807, 2.05) is 13.0 Å². The van der Waals surface area contributed by atoms with Crippen molar-refractivity contribution < 1.29 is 0 Å². The fourth-order valence-electron chi connectivity index (χ4n) is 1.99. The first-order chi connectivity index (χ1) is 8.70. The minimum atomic E-state index is 0.0954. The molecule has 0 spiro atoms. The summed E-state index contributed by atoms with van der Waals surface area (Å²) in [6.45, 7) is 2.03. The topological polar surface area (TPSA) is 38.0 Å². The van der Waals surface area contributed by atoms with Gasteiger partial charge in [0, 0.05) is 11.1 Å². The zero-order valence-electron chi connectivity index (χ0n) is 10.3. The summed E-state index contributed by atoms with van der Waals surface area (Å²) in [4.78, 5) is 0. The van der Waals surface area contributed by atoms with E-state index < -0.39 is 0 Å². The highest BCUT2D eigenvalue weighted by molar-refractivity contribution is 7.07. The van der Waals surface area contributed by atoms with Gasteiger partial charge in [-0.1, -0.05) is 23.7 Å². The van der Waals surface area contributed by atoms with Gasteiger partial charge in [0.25, 0.3) is 0 Å². The van der Waals surface area contributed by atoms with Crippen molar-refractivity contribution in [2.75, 3.05) is 0 Å². The molecular formula is C14H17ClN2S. The molecule has 0 saturated carbocycles. The molecule has 1 aromatic heterocycles. The molecule has 1 atom stereocenters. The van der Waals surface area contributed by atoms with Gasteiger partial charge in [-0.05, 0) is 59.3 Å². The first-order valence-electron chi connectivity index (χ1n) is 5.94. The minimum Gasteiger partial charge on any atom is -0.271 e. The van der Waals surface area contributed by atoms with E-state index in [2.05, 4.69) is 34.4 Å². The summed E-state index contributed by atoms with van der Waals surface area (Å²) in [5.41, 5.74) is 6.44. The van der Waals surface area contributed by atoms with E-state index in [0.717, 1.165) is 29.0 Å². The second kappa shape index (κ2) is 6.34. The van der Waals surface area contributed by atoms with Gasteiger partial charge in [0.15, 0.2) is 0 Å². The standard InChI is InChI=1S/C14H17ClN2S/c1-10-2-4-12(13(15)8-10)14(17-16)5-3-11-6-7-18-9-11/h2,4,6-9,14,17H,3,5,16H2,1H3. The van der Waals surface area contributed by atoms with Gasteiger partial charge < -0.3 is 0 Å². The van der Waals surface area contributed by atoms with Gasteiger partial charge >= 0.3 is 0 Å². The van der Waals surface area contributed by atoms with Crippen molar-refractivity contribution in [3.63, 3.8) is 0 Å². The molecule has 1 aromatic carbocycles. The second-order valence-corrected chi connectivity index (χ2v) is 5.60. The molecule has 4 heteroatoms. The molecule has 1 unspecified atom stereocenters. The van der Waals surface area contributed by atoms with Gasteiger partial charge in [-0.25, -0.2) is 0 Å². The van der Waals surface area contributed by atoms with Crippen LogP contribution in [0.4, 0.5) is 0 Å². The number of aryl methyl sites for hydroxylation is 2. The zero-order chi connectivity index (χ0) is 13.0. The van der Waals surface area contributed by atoms with Gasteiger partial charge in [0.1, 0.15) is 0 Å². The molecule has 2 nitrogen and oxygen atoms in total. The number of benzene rings is 1. The molecule has 0 aliphatic carbocycles. The van der Waals surface area contributed by atoms with Gasteiger partial charge in [0.05, 0.1) is 0 Å². The lowest BCUT2D eigenvalue weighted by Crippen LogP contribution is -2.28. The van der Waals surface area contributed by atoms with Crippen molar-refractivity contribution in [3.05, 3.63) is 56.7 Å². The first kappa shape index (κ1) is 13.6. The highest BCUT2D eigenvalue weighted by atomic mass is 35.5. The number of hydrogen-bond donors (Lipinski definition) is 2. The Balaban J connectivity index is 2.08. The van der Waals surface area contributed by atoms with Crippen molar-refractivity contribution in [2.24, 2.45) is 5.84 Å². The van der Waals surface area contributed by atoms with Crippen LogP contribution in [0.3, 0.4) is 0 Å². The van der Waals surface area contributed by atoms with Crippen molar-refractivity contribution in [1.82, 2.24) is 5.43 Å². The number of halogens is 1. The molecule has 0 aliphatic heterocycles. The summed E-state index contributed by atoms with van der Waals surface area (Å²) in [5.74, 6) is 5.65. The maximum atomic E-state index is 6.27. The Kier molecular flexibility index (Phi) is 4.78. The smallest absolute Gasteiger partial charge is 0.0477 e. The highest BCUT2D eigenvalue weighted by Crippen LogP contribution is 2.27. The van der Waals surface area contributed by atoms with Crippen molar-refractivity contribution in [2.45, 2.75) is 25.8 Å². The van der Waals surface area contributed by atoms with Crippen LogP contribution in [0.5, 0.6) is 0 Å². The summed E-state index contributed by atoms with van der Waals surface area (Å²) < 4.78 is 0. The number of hydrogen-bond acceptors (Lipinski definition) is 3. The van der Waals surface area contributed by atoms with E-state index in [4.69, 9.17) is 17.4 Å². The van der Waals surface area contributed by atoms with Gasteiger partial charge in [0.2, 0.25) is 0 Å². The number of hydrazine groups is 1. The van der Waals surface area contributed by atoms with Crippen LogP contribution in [0.2, 0.25) is 5.02 Å². The summed E-state index contributed by atoms with van der Waals surface area (Å²) >= 11 is 7.99. The van der Waals surface area contributed by atoms with Crippen LogP contribution in [0, 0.1) is 6.92 Å². The molecule has 0 amide bonds. The monoisotopic (exact) mass is 280 g/mol. The highest BCUT2D eigenvalue weighted by Gasteiger charge is 2.13. The second-order valence-electron chi connectivity index (χ2n) is 4.41. The Morgan fingerprint density at radius 3 is 2.83 bits per heavy atom. The summed E-state index contributed by atoms with van der Waals surface area (Å²) in [6.07, 6.45) is 1.94. The van der Waals surface area contributed by atoms with Crippen LogP contribution in [0.15, 0.2) is 35.0 Å². The third kappa shape index (κ3) is 3.33. The lowest BCUT2D eigenvalue weighted by Gasteiger charge is -2.17. The van der Waals surface area contributed by atoms with E-state index in [0.29, 0.717) is 0 Å². The van der Waals surface area contributed by atoms with E-state index in [9.17, 15) is 0 Å². The fourth-order valence-corrected chi connectivity index (χ4v) is 3.06. The van der Waals surface area contributed by atoms with Crippen molar-refractivity contribution in [3.8, 4) is 0 Å². The Hall–Kier alpha value is -0.870. The summed E-state index contributed by atoms with van der Waals surface area (Å²) in [6, 6.07) is 8.34. The normalized spacial score (nSPS) is 12.6. The molecule has 18 heavy (non-hydrogen) atoms. The number of thiophene rings is 1. The number of nitrogens with two attached hydrogens (primary N) is 1. The molecular weight excluding hydrogens is 264 g/mol. The van der Waals surface area contributed by atoms with Crippen LogP contribution in [0.1, 0.15) is 29.2 Å². The van der Waals surface area contributed by atoms with Gasteiger partial charge in [-0.3, -0.25) is 11.3 Å². The molecule has 3 N–H and O–H groups in total. The van der Waals surface area contributed by atoms with Gasteiger partial charge in [-0.2, -0.15) is 11.3 Å². The lowest BCUT2D eigenvalue weighted by molar-refractivity contribution is 0.517. The van der Waals surface area contributed by atoms with Crippen LogP contribution in [-0.4, -0.2) is 0 Å². The fraction of sp³-hybridized carbons (Fsp3) is 0.286. The minimum absolute atomic E-state index is 0.0954. The SMILES string of the molecule is Cc1ccc(C(CCc2ccsc2)NN)c(Cl)c1. The molecule has 2 rings (SSSR count). The molecule has 0 bridgehead atoms. The number of nitrogens with one attached hydrogen (secondary N) is 1. The van der Waals surface area contributed by atoms with Crippen LogP contribution < -0.4 is 11.3 Å². The Labute approximate surface area is 117 Å². The molecule has 1 heterocycles. The predicted octanol–water partition coefficient (Wildman–Crippen LogP) is 3.85. The maximum absolute atomic E-state index is 6.27. The number of rotatable bonds is 5. The van der Waals surface area contributed by atoms with Crippen LogP contribution >= 0.6 is 22.9 Å². The Morgan fingerprint density at radius 2 is 2.22 bits per heavy atom. The van der Waals surface area contributed by atoms with Crippen molar-refractivity contribution in [1.29, 1.82) is 0 Å². The van der Waals surface area contributed by atoms with E-state index >= 15 is 0 Å². The van der Waals surface area contributed by atoms with E-state index in [1.165, 1.54) is 5.56 Å². The average Bonchev–Trinajstić information content (AvgIpc) is 2.85. The Morgan fingerprint density at radius 1 is 1.39 bits per heavy atom. The average molecular weight is 281 g/mol. The first-order valence-corrected chi connectivity index (χ1v) is 7.26. The zero-order valence-corrected chi connectivity index (χ0v) is 11.9. The summed E-state index contributed by atoms with van der Waals surface area (Å²) in [7, 11) is 0. The Bertz CT molecular complexity index is 497. The molecule has 2 aromatic rings. The predicted molar refractivity (Wildman–Crippen MR) is 78.9 cm³/mol. The largest absolute Gasteiger partial charge is 0.271 e. The van der Waals surface area contributed by atoms with Gasteiger partial charge in [-0.15, -0.1) is 0 Å². The molecule has 0 saturated heterocycles. The quantitative estimate of drug-likeness (QED) is 0.645. The van der Waals surface area contributed by atoms with Crippen molar-refractivity contribution >= 4 is 22.9 Å². The maximum Gasteiger partial charge on any atom is 0.0477 e.